The molecule has 0 unspecified atom stereocenters. The van der Waals surface area contributed by atoms with Gasteiger partial charge in [-0.25, -0.2) is 13.4 Å². The van der Waals surface area contributed by atoms with Gasteiger partial charge >= 0.3 is 0 Å². The van der Waals surface area contributed by atoms with E-state index >= 15 is 0 Å². The third-order valence-corrected chi connectivity index (χ3v) is 4.48. The highest BCUT2D eigenvalue weighted by molar-refractivity contribution is 7.92. The van der Waals surface area contributed by atoms with Crippen LogP contribution in [-0.2, 0) is 10.0 Å². The lowest BCUT2D eigenvalue weighted by molar-refractivity contribution is 0.100. The van der Waals surface area contributed by atoms with Crippen molar-refractivity contribution in [1.82, 2.24) is 4.98 Å². The van der Waals surface area contributed by atoms with Gasteiger partial charge in [-0.1, -0.05) is 30.3 Å². The van der Waals surface area contributed by atoms with Crippen molar-refractivity contribution in [2.45, 2.75) is 4.90 Å². The molecule has 0 aliphatic rings. The lowest BCUT2D eigenvalue weighted by atomic mass is 10.1. The highest BCUT2D eigenvalue weighted by Gasteiger charge is 2.21. The molecular weight excluding hydrogens is 316 g/mol. The second kappa shape index (κ2) is 6.05. The van der Waals surface area contributed by atoms with Crippen LogP contribution >= 0.6 is 0 Å². The topological polar surface area (TPSA) is 89.3 Å². The van der Waals surface area contributed by atoms with E-state index in [-0.39, 0.29) is 22.0 Å². The molecule has 1 N–H and O–H groups in total. The summed E-state index contributed by atoms with van der Waals surface area (Å²) in [4.78, 5) is 16.3. The number of carbonyl (C=O) groups excluding carboxylic acids is 1. The van der Waals surface area contributed by atoms with Crippen molar-refractivity contribution in [3.8, 4) is 0 Å². The van der Waals surface area contributed by atoms with Crippen molar-refractivity contribution in [2.24, 2.45) is 0 Å². The molecule has 7 heteroatoms. The van der Waals surface area contributed by atoms with Gasteiger partial charge < -0.3 is 4.42 Å². The van der Waals surface area contributed by atoms with Crippen molar-refractivity contribution in [3.63, 3.8) is 0 Å². The second-order valence-corrected chi connectivity index (χ2v) is 6.31. The Balaban J connectivity index is 1.97. The van der Waals surface area contributed by atoms with E-state index < -0.39 is 15.8 Å². The van der Waals surface area contributed by atoms with Crippen molar-refractivity contribution >= 4 is 21.5 Å². The minimum atomic E-state index is -3.79. The molecule has 1 aromatic heterocycles. The summed E-state index contributed by atoms with van der Waals surface area (Å²) in [5.41, 5.74) is 0.328. The molecule has 0 amide bonds. The number of nitrogens with one attached hydrogen (secondary N) is 1. The molecule has 2 aromatic carbocycles. The van der Waals surface area contributed by atoms with E-state index in [1.54, 1.807) is 30.3 Å². The number of benzene rings is 2. The van der Waals surface area contributed by atoms with Gasteiger partial charge in [0.2, 0.25) is 5.78 Å². The van der Waals surface area contributed by atoms with Crippen LogP contribution in [0.5, 0.6) is 0 Å². The number of anilines is 1. The Bertz CT molecular complexity index is 920. The summed E-state index contributed by atoms with van der Waals surface area (Å²) in [5.74, 6) is -0.599. The van der Waals surface area contributed by atoms with Crippen molar-refractivity contribution in [3.05, 3.63) is 78.5 Å². The zero-order valence-electron chi connectivity index (χ0n) is 11.8. The van der Waals surface area contributed by atoms with Crippen LogP contribution in [0.4, 0.5) is 5.69 Å². The summed E-state index contributed by atoms with van der Waals surface area (Å²) < 4.78 is 32.2. The normalized spacial score (nSPS) is 11.1. The Hall–Kier alpha value is -2.93. The fraction of sp³-hybridized carbons (Fsp3) is 0. The maximum atomic E-state index is 12.4. The number of nitrogens with zero attached hydrogens (tertiary/aromatic N) is 1. The predicted molar refractivity (Wildman–Crippen MR) is 83.6 cm³/mol. The second-order valence-electron chi connectivity index (χ2n) is 4.63. The molecule has 0 aliphatic carbocycles. The molecule has 1 heterocycles. The monoisotopic (exact) mass is 328 g/mol. The third kappa shape index (κ3) is 3.14. The number of sulfonamides is 1. The molecule has 0 saturated carbocycles. The Kier molecular flexibility index (Phi) is 3.94. The average Bonchev–Trinajstić information content (AvgIpc) is 3.10. The predicted octanol–water partition coefficient (Wildman–Crippen LogP) is 2.71. The summed E-state index contributed by atoms with van der Waals surface area (Å²) in [5, 5.41) is 0. The van der Waals surface area contributed by atoms with E-state index in [2.05, 4.69) is 9.71 Å². The Morgan fingerprint density at radius 2 is 1.70 bits per heavy atom. The van der Waals surface area contributed by atoms with Crippen LogP contribution in [0, 0.1) is 0 Å². The van der Waals surface area contributed by atoms with Crippen molar-refractivity contribution in [2.75, 3.05) is 4.72 Å². The van der Waals surface area contributed by atoms with Gasteiger partial charge in [0, 0.05) is 0 Å². The quantitative estimate of drug-likeness (QED) is 0.727. The van der Waals surface area contributed by atoms with Gasteiger partial charge in [-0.2, -0.15) is 0 Å². The van der Waals surface area contributed by atoms with Crippen LogP contribution in [-0.4, -0.2) is 19.2 Å². The van der Waals surface area contributed by atoms with Gasteiger partial charge in [-0.15, -0.1) is 0 Å². The molecule has 0 spiro atoms. The van der Waals surface area contributed by atoms with Gasteiger partial charge in [0.05, 0.1) is 22.3 Å². The summed E-state index contributed by atoms with van der Waals surface area (Å²) in [6.07, 6.45) is 2.63. The summed E-state index contributed by atoms with van der Waals surface area (Å²) in [6, 6.07) is 14.2. The minimum Gasteiger partial charge on any atom is -0.442 e. The molecular formula is C16H12N2O4S. The summed E-state index contributed by atoms with van der Waals surface area (Å²) >= 11 is 0. The first-order valence-electron chi connectivity index (χ1n) is 6.69. The van der Waals surface area contributed by atoms with Crippen molar-refractivity contribution < 1.29 is 17.6 Å². The van der Waals surface area contributed by atoms with Gasteiger partial charge in [0.25, 0.3) is 15.9 Å². The van der Waals surface area contributed by atoms with Crippen LogP contribution in [0.2, 0.25) is 0 Å². The smallest absolute Gasteiger partial charge is 0.268 e. The molecule has 23 heavy (non-hydrogen) atoms. The highest BCUT2D eigenvalue weighted by Crippen LogP contribution is 2.22. The van der Waals surface area contributed by atoms with E-state index in [1.807, 2.05) is 0 Å². The molecule has 3 aromatic rings. The zero-order chi connectivity index (χ0) is 16.3. The Morgan fingerprint density at radius 1 is 1.00 bits per heavy atom. The number of para-hydroxylation sites is 1. The number of rotatable bonds is 5. The van der Waals surface area contributed by atoms with E-state index in [9.17, 15) is 13.2 Å². The fourth-order valence-electron chi connectivity index (χ4n) is 2.02. The van der Waals surface area contributed by atoms with Crippen molar-refractivity contribution in [1.29, 1.82) is 0 Å². The number of hydrogen-bond donors (Lipinski definition) is 1. The molecule has 0 radical (unpaired) electrons. The van der Waals surface area contributed by atoms with Gasteiger partial charge in [-0.05, 0) is 24.3 Å². The van der Waals surface area contributed by atoms with Gasteiger partial charge in [0.15, 0.2) is 0 Å². The maximum absolute atomic E-state index is 12.4. The first-order chi connectivity index (χ1) is 11.1. The maximum Gasteiger partial charge on any atom is 0.268 e. The average molecular weight is 328 g/mol. The van der Waals surface area contributed by atoms with Crippen LogP contribution in [0.25, 0.3) is 0 Å². The number of oxazole rings is 1. The lowest BCUT2D eigenvalue weighted by Crippen LogP contribution is -2.16. The summed E-state index contributed by atoms with van der Waals surface area (Å²) in [6.45, 7) is 0. The molecule has 0 fully saturated rings. The lowest BCUT2D eigenvalue weighted by Gasteiger charge is -2.11. The van der Waals surface area contributed by atoms with E-state index in [0.717, 1.165) is 0 Å². The molecule has 3 rings (SSSR count). The highest BCUT2D eigenvalue weighted by atomic mass is 32.2. The Labute approximate surface area is 132 Å². The third-order valence-electron chi connectivity index (χ3n) is 3.10. The molecule has 0 saturated heterocycles. The number of hydrogen-bond acceptors (Lipinski definition) is 5. The van der Waals surface area contributed by atoms with E-state index in [1.165, 1.54) is 36.7 Å². The number of carbonyl (C=O) groups is 1. The molecule has 0 aliphatic heterocycles. The fourth-order valence-corrected chi connectivity index (χ4v) is 3.13. The molecule has 6 nitrogen and oxygen atoms in total. The van der Waals surface area contributed by atoms with Crippen LogP contribution in [0.3, 0.4) is 0 Å². The zero-order valence-corrected chi connectivity index (χ0v) is 12.7. The number of aromatic nitrogens is 1. The summed E-state index contributed by atoms with van der Waals surface area (Å²) in [7, 11) is -3.79. The first kappa shape index (κ1) is 15.0. The van der Waals surface area contributed by atoms with Crippen LogP contribution in [0.1, 0.15) is 16.2 Å². The first-order valence-corrected chi connectivity index (χ1v) is 8.17. The Morgan fingerprint density at radius 3 is 2.39 bits per heavy atom. The number of ketones is 1. The van der Waals surface area contributed by atoms with Gasteiger partial charge in [0.1, 0.15) is 6.26 Å². The van der Waals surface area contributed by atoms with Crippen LogP contribution < -0.4 is 4.72 Å². The SMILES string of the molecule is O=C(c1ncco1)c1ccccc1NS(=O)(=O)c1ccccc1. The van der Waals surface area contributed by atoms with Crippen LogP contribution in [0.15, 0.2) is 76.4 Å². The molecule has 0 bridgehead atoms. The molecule has 0 atom stereocenters. The minimum absolute atomic E-state index is 0.101. The van der Waals surface area contributed by atoms with Gasteiger partial charge in [-0.3, -0.25) is 9.52 Å². The van der Waals surface area contributed by atoms with E-state index in [0.29, 0.717) is 0 Å². The largest absolute Gasteiger partial charge is 0.442 e. The standard InChI is InChI=1S/C16H12N2O4S/c19-15(16-17-10-11-22-16)13-8-4-5-9-14(13)18-23(20,21)12-6-2-1-3-7-12/h1-11,18H. The molecule has 116 valence electrons. The van der Waals surface area contributed by atoms with E-state index in [4.69, 9.17) is 4.42 Å².